The molecular weight excluding hydrogens is 436 g/mol. The van der Waals surface area contributed by atoms with Gasteiger partial charge in [-0.15, -0.1) is 0 Å². The number of aromatic nitrogens is 1. The molecule has 0 radical (unpaired) electrons. The molecule has 0 unspecified atom stereocenters. The van der Waals surface area contributed by atoms with Gasteiger partial charge in [-0.3, -0.25) is 9.59 Å². The maximum absolute atomic E-state index is 12.7. The number of methoxy groups -OCH3 is 2. The molecule has 1 amide bonds. The minimum atomic E-state index is -0.570. The van der Waals surface area contributed by atoms with Crippen molar-refractivity contribution >= 4 is 22.8 Å². The van der Waals surface area contributed by atoms with Crippen molar-refractivity contribution < 1.29 is 28.3 Å². The molecule has 1 N–H and O–H groups in total. The summed E-state index contributed by atoms with van der Waals surface area (Å²) in [5, 5.41) is 7.60. The van der Waals surface area contributed by atoms with Gasteiger partial charge in [0, 0.05) is 5.39 Å². The van der Waals surface area contributed by atoms with Crippen molar-refractivity contribution in [3.63, 3.8) is 0 Å². The van der Waals surface area contributed by atoms with Gasteiger partial charge in [-0.25, -0.2) is 0 Å². The number of carbonyl (C=O) groups is 2. The third-order valence-electron chi connectivity index (χ3n) is 5.33. The van der Waals surface area contributed by atoms with Crippen molar-refractivity contribution in [2.75, 3.05) is 20.8 Å². The van der Waals surface area contributed by atoms with Gasteiger partial charge in [-0.1, -0.05) is 41.6 Å². The Morgan fingerprint density at radius 3 is 2.06 bits per heavy atom. The monoisotopic (exact) mass is 460 g/mol. The molecule has 0 spiro atoms. The van der Waals surface area contributed by atoms with Crippen molar-refractivity contribution in [2.24, 2.45) is 0 Å². The van der Waals surface area contributed by atoms with E-state index in [1.54, 1.807) is 20.3 Å². The molecule has 0 fully saturated rings. The third-order valence-corrected chi connectivity index (χ3v) is 5.33. The zero-order valence-corrected chi connectivity index (χ0v) is 18.8. The van der Waals surface area contributed by atoms with Crippen LogP contribution in [0.2, 0.25) is 0 Å². The highest BCUT2D eigenvalue weighted by atomic mass is 16.5. The van der Waals surface area contributed by atoms with Gasteiger partial charge in [0.15, 0.2) is 12.2 Å². The standard InChI is InChI=1S/C26H24N2O6/c1-31-19-11-7-17(8-12-19)26(18-9-13-20(32-2)14-10-18)27-24(29)16-33-25(30)15-22-21-5-3-4-6-23(21)34-28-22/h3-14,26H,15-16H2,1-2H3,(H,27,29). The maximum Gasteiger partial charge on any atom is 0.312 e. The fourth-order valence-electron chi connectivity index (χ4n) is 3.55. The van der Waals surface area contributed by atoms with E-state index in [4.69, 9.17) is 18.7 Å². The number of fused-ring (bicyclic) bond motifs is 1. The van der Waals surface area contributed by atoms with E-state index in [0.717, 1.165) is 16.5 Å². The lowest BCUT2D eigenvalue weighted by atomic mass is 9.98. The quantitative estimate of drug-likeness (QED) is 0.379. The van der Waals surface area contributed by atoms with Crippen molar-refractivity contribution in [3.05, 3.63) is 89.6 Å². The van der Waals surface area contributed by atoms with Gasteiger partial charge in [-0.05, 0) is 47.5 Å². The summed E-state index contributed by atoms with van der Waals surface area (Å²) < 4.78 is 20.9. The van der Waals surface area contributed by atoms with Crippen molar-refractivity contribution in [1.82, 2.24) is 10.5 Å². The lowest BCUT2D eigenvalue weighted by molar-refractivity contribution is -0.148. The van der Waals surface area contributed by atoms with E-state index >= 15 is 0 Å². The van der Waals surface area contributed by atoms with Crippen LogP contribution in [0, 0.1) is 0 Å². The predicted molar refractivity (Wildman–Crippen MR) is 125 cm³/mol. The van der Waals surface area contributed by atoms with Crippen molar-refractivity contribution in [1.29, 1.82) is 0 Å². The summed E-state index contributed by atoms with van der Waals surface area (Å²) in [6.07, 6.45) is -0.0926. The van der Waals surface area contributed by atoms with Crippen LogP contribution in [0.1, 0.15) is 22.9 Å². The number of rotatable bonds is 9. The Kier molecular flexibility index (Phi) is 7.07. The maximum atomic E-state index is 12.7. The van der Waals surface area contributed by atoms with E-state index < -0.39 is 24.5 Å². The molecular formula is C26H24N2O6. The Morgan fingerprint density at radius 2 is 1.47 bits per heavy atom. The first-order chi connectivity index (χ1) is 16.6. The molecule has 1 heterocycles. The second-order valence-electron chi connectivity index (χ2n) is 7.51. The molecule has 4 aromatic rings. The molecule has 4 rings (SSSR count). The fourth-order valence-corrected chi connectivity index (χ4v) is 3.55. The second kappa shape index (κ2) is 10.5. The van der Waals surface area contributed by atoms with E-state index in [1.807, 2.05) is 66.7 Å². The van der Waals surface area contributed by atoms with Gasteiger partial charge in [-0.2, -0.15) is 0 Å². The van der Waals surface area contributed by atoms with Crippen molar-refractivity contribution in [2.45, 2.75) is 12.5 Å². The average molecular weight is 460 g/mol. The first-order valence-corrected chi connectivity index (χ1v) is 10.6. The molecule has 0 aliphatic rings. The first kappa shape index (κ1) is 22.8. The van der Waals surface area contributed by atoms with Crippen LogP contribution in [0.5, 0.6) is 11.5 Å². The van der Waals surface area contributed by atoms with Crippen LogP contribution >= 0.6 is 0 Å². The molecule has 174 valence electrons. The van der Waals surface area contributed by atoms with Crippen LogP contribution in [0.4, 0.5) is 0 Å². The molecule has 8 nitrogen and oxygen atoms in total. The third kappa shape index (κ3) is 5.35. The molecule has 3 aromatic carbocycles. The Hall–Kier alpha value is -4.33. The molecule has 0 bridgehead atoms. The molecule has 0 atom stereocenters. The zero-order chi connectivity index (χ0) is 23.9. The van der Waals surface area contributed by atoms with Gasteiger partial charge in [0.2, 0.25) is 0 Å². The average Bonchev–Trinajstić information content (AvgIpc) is 3.29. The molecule has 8 heteroatoms. The smallest absolute Gasteiger partial charge is 0.312 e. The van der Waals surface area contributed by atoms with Crippen LogP contribution in [-0.4, -0.2) is 37.9 Å². The molecule has 1 aromatic heterocycles. The minimum Gasteiger partial charge on any atom is -0.497 e. The number of hydrogen-bond acceptors (Lipinski definition) is 7. The number of esters is 1. The summed E-state index contributed by atoms with van der Waals surface area (Å²) in [7, 11) is 3.18. The highest BCUT2D eigenvalue weighted by Gasteiger charge is 2.19. The number of ether oxygens (including phenoxy) is 3. The van der Waals surface area contributed by atoms with Gasteiger partial charge in [0.1, 0.15) is 17.2 Å². The molecule has 0 saturated carbocycles. The lowest BCUT2D eigenvalue weighted by Gasteiger charge is -2.20. The predicted octanol–water partition coefficient (Wildman–Crippen LogP) is 3.84. The van der Waals surface area contributed by atoms with Gasteiger partial charge >= 0.3 is 5.97 Å². The topological polar surface area (TPSA) is 99.9 Å². The zero-order valence-electron chi connectivity index (χ0n) is 18.8. The summed E-state index contributed by atoms with van der Waals surface area (Å²) in [5.41, 5.74) is 2.75. The van der Waals surface area contributed by atoms with E-state index in [-0.39, 0.29) is 6.42 Å². The van der Waals surface area contributed by atoms with Crippen LogP contribution in [-0.2, 0) is 20.7 Å². The van der Waals surface area contributed by atoms with E-state index in [1.165, 1.54) is 0 Å². The molecule has 34 heavy (non-hydrogen) atoms. The highest BCUT2D eigenvalue weighted by molar-refractivity contribution is 5.85. The number of nitrogens with one attached hydrogen (secondary N) is 1. The van der Waals surface area contributed by atoms with Gasteiger partial charge in [0.05, 0.1) is 26.7 Å². The number of nitrogens with zero attached hydrogens (tertiary/aromatic N) is 1. The van der Waals surface area contributed by atoms with E-state index in [9.17, 15) is 9.59 Å². The number of para-hydroxylation sites is 1. The summed E-state index contributed by atoms with van der Waals surface area (Å²) in [6, 6.07) is 21.5. The largest absolute Gasteiger partial charge is 0.497 e. The number of carbonyl (C=O) groups excluding carboxylic acids is 2. The van der Waals surface area contributed by atoms with E-state index in [2.05, 4.69) is 10.5 Å². The van der Waals surface area contributed by atoms with Crippen LogP contribution in [0.15, 0.2) is 77.3 Å². The van der Waals surface area contributed by atoms with Gasteiger partial charge in [0.25, 0.3) is 5.91 Å². The normalized spacial score (nSPS) is 10.8. The summed E-state index contributed by atoms with van der Waals surface area (Å²) in [4.78, 5) is 25.0. The molecule has 0 aliphatic heterocycles. The Balaban J connectivity index is 1.42. The SMILES string of the molecule is COc1ccc(C(NC(=O)COC(=O)Cc2noc3ccccc23)c2ccc(OC)cc2)cc1. The van der Waals surface area contributed by atoms with Crippen LogP contribution in [0.3, 0.4) is 0 Å². The van der Waals surface area contributed by atoms with Crippen molar-refractivity contribution in [3.8, 4) is 11.5 Å². The van der Waals surface area contributed by atoms with E-state index in [0.29, 0.717) is 22.8 Å². The van der Waals surface area contributed by atoms with Gasteiger partial charge < -0.3 is 24.1 Å². The molecule has 0 aliphatic carbocycles. The number of amides is 1. The summed E-state index contributed by atoms with van der Waals surface area (Å²) in [6.45, 7) is -0.419. The Labute approximate surface area is 196 Å². The highest BCUT2D eigenvalue weighted by Crippen LogP contribution is 2.26. The summed E-state index contributed by atoms with van der Waals surface area (Å²) in [5.74, 6) is 0.408. The Bertz CT molecular complexity index is 1220. The fraction of sp³-hybridized carbons (Fsp3) is 0.192. The number of hydrogen-bond donors (Lipinski definition) is 1. The molecule has 0 saturated heterocycles. The first-order valence-electron chi connectivity index (χ1n) is 10.6. The Morgan fingerprint density at radius 1 is 0.882 bits per heavy atom. The number of benzene rings is 3. The lowest BCUT2D eigenvalue weighted by Crippen LogP contribution is -2.33. The minimum absolute atomic E-state index is 0.0926. The second-order valence-corrected chi connectivity index (χ2v) is 7.51. The van der Waals surface area contributed by atoms with Crippen LogP contribution < -0.4 is 14.8 Å². The summed E-state index contributed by atoms with van der Waals surface area (Å²) >= 11 is 0. The van der Waals surface area contributed by atoms with Crippen LogP contribution in [0.25, 0.3) is 11.0 Å².